The first-order valence-electron chi connectivity index (χ1n) is 6.60. The third kappa shape index (κ3) is 4.51. The lowest BCUT2D eigenvalue weighted by atomic mass is 10.2. The van der Waals surface area contributed by atoms with E-state index < -0.39 is 5.97 Å². The Hall–Kier alpha value is -1.07. The van der Waals surface area contributed by atoms with Crippen molar-refractivity contribution in [2.75, 3.05) is 37.6 Å². The number of aliphatic carboxylic acids is 1. The Morgan fingerprint density at radius 1 is 1.26 bits per heavy atom. The molecular formula is C14H19BrN2O2. The van der Waals surface area contributed by atoms with Crippen molar-refractivity contribution in [2.45, 2.75) is 12.8 Å². The lowest BCUT2D eigenvalue weighted by molar-refractivity contribution is -0.137. The summed E-state index contributed by atoms with van der Waals surface area (Å²) < 4.78 is 1.11. The number of carboxylic acids is 1. The van der Waals surface area contributed by atoms with Gasteiger partial charge in [0.05, 0.1) is 0 Å². The summed E-state index contributed by atoms with van der Waals surface area (Å²) in [5.74, 6) is -0.701. The zero-order valence-corrected chi connectivity index (χ0v) is 12.5. The molecule has 0 aliphatic carbocycles. The molecule has 0 aromatic heterocycles. The van der Waals surface area contributed by atoms with Crippen LogP contribution in [0.5, 0.6) is 0 Å². The van der Waals surface area contributed by atoms with Crippen molar-refractivity contribution >= 4 is 27.6 Å². The topological polar surface area (TPSA) is 43.8 Å². The SMILES string of the molecule is O=C(O)CCCN1CCN(c2cccc(Br)c2)CC1. The molecule has 1 aliphatic rings. The zero-order chi connectivity index (χ0) is 13.7. The average molecular weight is 327 g/mol. The van der Waals surface area contributed by atoms with Crippen molar-refractivity contribution in [3.05, 3.63) is 28.7 Å². The summed E-state index contributed by atoms with van der Waals surface area (Å²) >= 11 is 3.50. The Balaban J connectivity index is 1.77. The first kappa shape index (κ1) is 14.3. The highest BCUT2D eigenvalue weighted by Gasteiger charge is 2.17. The van der Waals surface area contributed by atoms with Crippen molar-refractivity contribution in [2.24, 2.45) is 0 Å². The predicted octanol–water partition coefficient (Wildman–Crippen LogP) is 2.44. The first-order chi connectivity index (χ1) is 9.15. The zero-order valence-electron chi connectivity index (χ0n) is 10.9. The minimum Gasteiger partial charge on any atom is -0.481 e. The van der Waals surface area contributed by atoms with Crippen LogP contribution in [0.4, 0.5) is 5.69 Å². The maximum absolute atomic E-state index is 10.5. The van der Waals surface area contributed by atoms with Crippen LogP contribution in [0.2, 0.25) is 0 Å². The highest BCUT2D eigenvalue weighted by molar-refractivity contribution is 9.10. The molecule has 1 aromatic carbocycles. The molecule has 1 N–H and O–H groups in total. The number of benzene rings is 1. The molecule has 0 radical (unpaired) electrons. The minimum absolute atomic E-state index is 0.270. The average Bonchev–Trinajstić information content (AvgIpc) is 2.39. The summed E-state index contributed by atoms with van der Waals surface area (Å²) in [6.07, 6.45) is 1.01. The second-order valence-electron chi connectivity index (χ2n) is 4.81. The largest absolute Gasteiger partial charge is 0.481 e. The monoisotopic (exact) mass is 326 g/mol. The van der Waals surface area contributed by atoms with Gasteiger partial charge in [-0.1, -0.05) is 22.0 Å². The summed E-state index contributed by atoms with van der Waals surface area (Å²) in [5.41, 5.74) is 1.25. The Labute approximate surface area is 122 Å². The van der Waals surface area contributed by atoms with Gasteiger partial charge in [-0.2, -0.15) is 0 Å². The van der Waals surface area contributed by atoms with Gasteiger partial charge in [0.15, 0.2) is 0 Å². The molecule has 0 saturated carbocycles. The second-order valence-corrected chi connectivity index (χ2v) is 5.72. The number of anilines is 1. The molecule has 1 fully saturated rings. The molecule has 4 nitrogen and oxygen atoms in total. The van der Waals surface area contributed by atoms with Crippen LogP contribution < -0.4 is 4.90 Å². The predicted molar refractivity (Wildman–Crippen MR) is 79.7 cm³/mol. The molecule has 1 aliphatic heterocycles. The molecule has 0 spiro atoms. The van der Waals surface area contributed by atoms with Crippen LogP contribution in [-0.2, 0) is 4.79 Å². The number of nitrogens with zero attached hydrogens (tertiary/aromatic N) is 2. The number of hydrogen-bond donors (Lipinski definition) is 1. The van der Waals surface area contributed by atoms with Crippen LogP contribution in [0.15, 0.2) is 28.7 Å². The van der Waals surface area contributed by atoms with E-state index in [-0.39, 0.29) is 6.42 Å². The van der Waals surface area contributed by atoms with Crippen molar-refractivity contribution in [1.29, 1.82) is 0 Å². The van der Waals surface area contributed by atoms with Gasteiger partial charge in [-0.15, -0.1) is 0 Å². The summed E-state index contributed by atoms with van der Waals surface area (Å²) in [4.78, 5) is 15.2. The van der Waals surface area contributed by atoms with Crippen molar-refractivity contribution in [3.8, 4) is 0 Å². The Kier molecular flexibility index (Phi) is 5.22. The van der Waals surface area contributed by atoms with Crippen LogP contribution in [0, 0.1) is 0 Å². The van der Waals surface area contributed by atoms with Gasteiger partial charge in [-0.3, -0.25) is 9.69 Å². The van der Waals surface area contributed by atoms with Gasteiger partial charge >= 0.3 is 5.97 Å². The Bertz CT molecular complexity index is 431. The number of rotatable bonds is 5. The van der Waals surface area contributed by atoms with Crippen LogP contribution in [0.25, 0.3) is 0 Å². The lowest BCUT2D eigenvalue weighted by Crippen LogP contribution is -2.46. The van der Waals surface area contributed by atoms with Crippen LogP contribution in [0.3, 0.4) is 0 Å². The number of carbonyl (C=O) groups is 1. The number of hydrogen-bond acceptors (Lipinski definition) is 3. The number of piperazine rings is 1. The Morgan fingerprint density at radius 3 is 2.63 bits per heavy atom. The third-order valence-corrected chi connectivity index (χ3v) is 3.90. The molecular weight excluding hydrogens is 308 g/mol. The molecule has 19 heavy (non-hydrogen) atoms. The summed E-state index contributed by atoms with van der Waals surface area (Å²) in [5, 5.41) is 8.63. The summed E-state index contributed by atoms with van der Waals surface area (Å²) in [7, 11) is 0. The van der Waals surface area contributed by atoms with Crippen LogP contribution >= 0.6 is 15.9 Å². The van der Waals surface area contributed by atoms with Gasteiger partial charge < -0.3 is 10.0 Å². The molecule has 0 bridgehead atoms. The van der Waals surface area contributed by atoms with E-state index >= 15 is 0 Å². The van der Waals surface area contributed by atoms with Gasteiger partial charge in [0.2, 0.25) is 0 Å². The molecule has 0 atom stereocenters. The quantitative estimate of drug-likeness (QED) is 0.902. The van der Waals surface area contributed by atoms with Crippen LogP contribution in [-0.4, -0.2) is 48.7 Å². The summed E-state index contributed by atoms with van der Waals surface area (Å²) in [6, 6.07) is 8.36. The first-order valence-corrected chi connectivity index (χ1v) is 7.39. The minimum atomic E-state index is -0.701. The van der Waals surface area contributed by atoms with Gasteiger partial charge in [0.1, 0.15) is 0 Å². The van der Waals surface area contributed by atoms with Crippen molar-refractivity contribution in [3.63, 3.8) is 0 Å². The number of carboxylic acid groups (broad SMARTS) is 1. The van der Waals surface area contributed by atoms with E-state index in [2.05, 4.69) is 43.9 Å². The third-order valence-electron chi connectivity index (χ3n) is 3.41. The van der Waals surface area contributed by atoms with E-state index in [1.54, 1.807) is 0 Å². The van der Waals surface area contributed by atoms with E-state index in [0.29, 0.717) is 0 Å². The normalized spacial score (nSPS) is 16.6. The highest BCUT2D eigenvalue weighted by atomic mass is 79.9. The smallest absolute Gasteiger partial charge is 0.303 e. The second kappa shape index (κ2) is 6.91. The highest BCUT2D eigenvalue weighted by Crippen LogP contribution is 2.21. The van der Waals surface area contributed by atoms with Gasteiger partial charge in [0.25, 0.3) is 0 Å². The van der Waals surface area contributed by atoms with E-state index in [9.17, 15) is 4.79 Å². The fourth-order valence-corrected chi connectivity index (χ4v) is 2.74. The molecule has 5 heteroatoms. The standard InChI is InChI=1S/C14H19BrN2O2/c15-12-3-1-4-13(11-12)17-9-7-16(8-10-17)6-2-5-14(18)19/h1,3-4,11H,2,5-10H2,(H,18,19). The van der Waals surface area contributed by atoms with E-state index in [4.69, 9.17) is 5.11 Å². The van der Waals surface area contributed by atoms with Crippen molar-refractivity contribution < 1.29 is 9.90 Å². The van der Waals surface area contributed by atoms with Gasteiger partial charge in [-0.05, 0) is 31.2 Å². The van der Waals surface area contributed by atoms with E-state index in [0.717, 1.165) is 43.6 Å². The lowest BCUT2D eigenvalue weighted by Gasteiger charge is -2.36. The maximum atomic E-state index is 10.5. The van der Waals surface area contributed by atoms with E-state index in [1.165, 1.54) is 5.69 Å². The molecule has 2 rings (SSSR count). The molecule has 1 saturated heterocycles. The fraction of sp³-hybridized carbons (Fsp3) is 0.500. The van der Waals surface area contributed by atoms with E-state index in [1.807, 2.05) is 6.07 Å². The molecule has 0 unspecified atom stereocenters. The summed E-state index contributed by atoms with van der Waals surface area (Å²) in [6.45, 7) is 4.91. The molecule has 1 heterocycles. The molecule has 1 aromatic rings. The van der Waals surface area contributed by atoms with Crippen molar-refractivity contribution in [1.82, 2.24) is 4.90 Å². The Morgan fingerprint density at radius 2 is 2.00 bits per heavy atom. The maximum Gasteiger partial charge on any atom is 0.303 e. The van der Waals surface area contributed by atoms with Crippen LogP contribution in [0.1, 0.15) is 12.8 Å². The number of halogens is 1. The van der Waals surface area contributed by atoms with Gasteiger partial charge in [0, 0.05) is 42.8 Å². The fourth-order valence-electron chi connectivity index (χ4n) is 2.36. The molecule has 104 valence electrons. The van der Waals surface area contributed by atoms with Gasteiger partial charge in [-0.25, -0.2) is 0 Å². The molecule has 0 amide bonds.